The van der Waals surface area contributed by atoms with Gasteiger partial charge in [0.1, 0.15) is 0 Å². The summed E-state index contributed by atoms with van der Waals surface area (Å²) in [6.07, 6.45) is 5.72. The molecular weight excluding hydrogens is 264 g/mol. The van der Waals surface area contributed by atoms with Crippen molar-refractivity contribution in [1.29, 1.82) is 0 Å². The van der Waals surface area contributed by atoms with Gasteiger partial charge in [-0.2, -0.15) is 0 Å². The maximum atomic E-state index is 5.55. The SMILES string of the molecule is P/N=B/NCCCCCOCCCCN/B=N/P. The van der Waals surface area contributed by atoms with Gasteiger partial charge in [-0.3, -0.25) is 0 Å². The average molecular weight is 288 g/mol. The number of nitrogens with zero attached hydrogens (tertiary/aromatic N) is 2. The number of nitrogens with one attached hydrogen (secondary N) is 2. The standard InChI is InChI=1S/C9H24B2N4OP2/c17-14-10-12-6-2-1-4-8-16-9-5-3-7-13-11-15-18/h12-13H,1-9,17-18H2. The second kappa shape index (κ2) is 17.1. The van der Waals surface area contributed by atoms with Crippen molar-refractivity contribution in [3.8, 4) is 0 Å². The fourth-order valence-electron chi connectivity index (χ4n) is 1.38. The van der Waals surface area contributed by atoms with Crippen molar-refractivity contribution in [2.75, 3.05) is 26.3 Å². The van der Waals surface area contributed by atoms with E-state index in [2.05, 4.69) is 38.6 Å². The molecule has 2 atom stereocenters. The van der Waals surface area contributed by atoms with Gasteiger partial charge in [0.05, 0.1) is 0 Å². The predicted molar refractivity (Wildman–Crippen MR) is 85.7 cm³/mol. The molecule has 0 aromatic rings. The van der Waals surface area contributed by atoms with Crippen molar-refractivity contribution in [3.63, 3.8) is 0 Å². The Bertz CT molecular complexity index is 201. The minimum atomic E-state index is 0.859. The maximum absolute atomic E-state index is 5.55. The molecule has 0 aromatic heterocycles. The van der Waals surface area contributed by atoms with E-state index >= 15 is 0 Å². The normalized spacial score (nSPS) is 10.6. The summed E-state index contributed by atoms with van der Waals surface area (Å²) in [5.74, 6) is 0. The monoisotopic (exact) mass is 288 g/mol. The molecule has 0 aromatic carbocycles. The van der Waals surface area contributed by atoms with E-state index in [0.717, 1.165) is 45.6 Å². The molecule has 0 spiro atoms. The molecule has 0 rings (SSSR count). The summed E-state index contributed by atoms with van der Waals surface area (Å²) in [5, 5.41) is 6.18. The molecule has 0 aliphatic rings. The molecule has 0 aliphatic heterocycles. The van der Waals surface area contributed by atoms with Crippen molar-refractivity contribution < 1.29 is 4.74 Å². The van der Waals surface area contributed by atoms with Gasteiger partial charge in [0.25, 0.3) is 0 Å². The Morgan fingerprint density at radius 2 is 1.28 bits per heavy atom. The van der Waals surface area contributed by atoms with E-state index in [9.17, 15) is 0 Å². The molecule has 0 radical (unpaired) electrons. The first-order valence-electron chi connectivity index (χ1n) is 6.39. The van der Waals surface area contributed by atoms with E-state index in [4.69, 9.17) is 4.74 Å². The third-order valence-corrected chi connectivity index (χ3v) is 2.60. The van der Waals surface area contributed by atoms with E-state index in [1.165, 1.54) is 12.8 Å². The number of unbranched alkanes of at least 4 members (excludes halogenated alkanes) is 3. The summed E-state index contributed by atoms with van der Waals surface area (Å²) in [5.41, 5.74) is 0. The van der Waals surface area contributed by atoms with E-state index in [-0.39, 0.29) is 0 Å². The van der Waals surface area contributed by atoms with Crippen molar-refractivity contribution >= 4 is 33.2 Å². The second-order valence-corrected chi connectivity index (χ2v) is 4.44. The van der Waals surface area contributed by atoms with Gasteiger partial charge in [0.15, 0.2) is 0 Å². The van der Waals surface area contributed by atoms with E-state index in [1.54, 1.807) is 14.4 Å². The molecule has 2 N–H and O–H groups in total. The second-order valence-electron chi connectivity index (χ2n) is 3.84. The molecule has 0 amide bonds. The van der Waals surface area contributed by atoms with Crippen LogP contribution in [0.15, 0.2) is 9.33 Å². The van der Waals surface area contributed by atoms with Crippen molar-refractivity contribution in [2.24, 2.45) is 9.33 Å². The zero-order valence-electron chi connectivity index (χ0n) is 11.0. The molecule has 0 saturated carbocycles. The van der Waals surface area contributed by atoms with Gasteiger partial charge < -0.3 is 0 Å². The summed E-state index contributed by atoms with van der Waals surface area (Å²) in [4.78, 5) is 0. The van der Waals surface area contributed by atoms with Crippen LogP contribution in [0.2, 0.25) is 0 Å². The molecular formula is C9H24B2N4OP2. The topological polar surface area (TPSA) is 58.0 Å². The van der Waals surface area contributed by atoms with Gasteiger partial charge in [-0.15, -0.1) is 0 Å². The Hall–Kier alpha value is 0.150. The molecule has 0 heterocycles. The summed E-state index contributed by atoms with van der Waals surface area (Å²) in [7, 11) is 7.99. The van der Waals surface area contributed by atoms with Crippen molar-refractivity contribution in [1.82, 2.24) is 10.5 Å². The molecule has 0 saturated heterocycles. The van der Waals surface area contributed by atoms with Gasteiger partial charge in [-0.1, -0.05) is 0 Å². The Morgan fingerprint density at radius 1 is 0.778 bits per heavy atom. The molecule has 102 valence electrons. The third kappa shape index (κ3) is 16.1. The van der Waals surface area contributed by atoms with Crippen LogP contribution in [0, 0.1) is 0 Å². The van der Waals surface area contributed by atoms with Crippen LogP contribution >= 0.6 is 18.8 Å². The van der Waals surface area contributed by atoms with Crippen LogP contribution in [0.25, 0.3) is 0 Å². The molecule has 0 fully saturated rings. The summed E-state index contributed by atoms with van der Waals surface area (Å²) < 4.78 is 13.1. The van der Waals surface area contributed by atoms with Crippen LogP contribution < -0.4 is 10.5 Å². The van der Waals surface area contributed by atoms with E-state index < -0.39 is 0 Å². The third-order valence-electron chi connectivity index (χ3n) is 2.30. The summed E-state index contributed by atoms with van der Waals surface area (Å²) in [6, 6.07) is 0. The molecule has 5 nitrogen and oxygen atoms in total. The fraction of sp³-hybridized carbons (Fsp3) is 1.00. The first kappa shape index (κ1) is 18.1. The van der Waals surface area contributed by atoms with Crippen LogP contribution in [-0.4, -0.2) is 40.7 Å². The average Bonchev–Trinajstić information content (AvgIpc) is 2.39. The Morgan fingerprint density at radius 3 is 1.83 bits per heavy atom. The summed E-state index contributed by atoms with van der Waals surface area (Å²) >= 11 is 0. The Kier molecular flexibility index (Phi) is 17.3. The zero-order valence-corrected chi connectivity index (χ0v) is 13.3. The van der Waals surface area contributed by atoms with Gasteiger partial charge >= 0.3 is 116 Å². The zero-order chi connectivity index (χ0) is 13.3. The molecule has 0 bridgehead atoms. The van der Waals surface area contributed by atoms with Gasteiger partial charge in [0.2, 0.25) is 0 Å². The molecule has 0 aliphatic carbocycles. The van der Waals surface area contributed by atoms with Crippen molar-refractivity contribution in [2.45, 2.75) is 32.1 Å². The molecule has 2 unspecified atom stereocenters. The minimum absolute atomic E-state index is 0.859. The van der Waals surface area contributed by atoms with Crippen LogP contribution in [0.5, 0.6) is 0 Å². The molecule has 18 heavy (non-hydrogen) atoms. The van der Waals surface area contributed by atoms with E-state index in [1.807, 2.05) is 0 Å². The molecule has 9 heteroatoms. The predicted octanol–water partition coefficient (Wildman–Crippen LogP) is 1.32. The van der Waals surface area contributed by atoms with Gasteiger partial charge in [0, 0.05) is 0 Å². The number of hydrogen-bond acceptors (Lipinski definition) is 3. The number of rotatable bonds is 13. The quantitative estimate of drug-likeness (QED) is 0.305. The van der Waals surface area contributed by atoms with Crippen LogP contribution in [0.4, 0.5) is 0 Å². The van der Waals surface area contributed by atoms with Crippen LogP contribution in [-0.2, 0) is 4.74 Å². The Labute approximate surface area is 116 Å². The first-order chi connectivity index (χ1) is 8.91. The number of hydrogen-bond donors (Lipinski definition) is 2. The Balaban J connectivity index is 2.94. The van der Waals surface area contributed by atoms with E-state index in [0.29, 0.717) is 0 Å². The summed E-state index contributed by atoms with van der Waals surface area (Å²) in [6.45, 7) is 3.68. The van der Waals surface area contributed by atoms with Crippen LogP contribution in [0.1, 0.15) is 32.1 Å². The van der Waals surface area contributed by atoms with Crippen LogP contribution in [0.3, 0.4) is 0 Å². The fourth-order valence-corrected chi connectivity index (χ4v) is 1.59. The first-order valence-corrected chi connectivity index (χ1v) is 7.43. The van der Waals surface area contributed by atoms with Gasteiger partial charge in [-0.25, -0.2) is 0 Å². The van der Waals surface area contributed by atoms with Crippen molar-refractivity contribution in [3.05, 3.63) is 0 Å². The van der Waals surface area contributed by atoms with Gasteiger partial charge in [-0.05, 0) is 0 Å². The number of ether oxygens (including phenoxy) is 1.